The summed E-state index contributed by atoms with van der Waals surface area (Å²) >= 11 is 2.03. The molecule has 0 aromatic heterocycles. The molecule has 1 saturated heterocycles. The first kappa shape index (κ1) is 17.1. The topological polar surface area (TPSA) is 35.6 Å². The quantitative estimate of drug-likeness (QED) is 0.839. The molecule has 0 radical (unpaired) electrons. The van der Waals surface area contributed by atoms with Gasteiger partial charge in [0.2, 0.25) is 5.91 Å². The molecule has 5 heteroatoms. The van der Waals surface area contributed by atoms with Gasteiger partial charge in [0.05, 0.1) is 6.54 Å². The van der Waals surface area contributed by atoms with Gasteiger partial charge in [0, 0.05) is 44.5 Å². The van der Waals surface area contributed by atoms with E-state index >= 15 is 0 Å². The molecule has 1 aliphatic carbocycles. The van der Waals surface area contributed by atoms with Gasteiger partial charge in [-0.1, -0.05) is 6.42 Å². The Balaban J connectivity index is 1.68. The van der Waals surface area contributed by atoms with Gasteiger partial charge in [0.15, 0.2) is 0 Å². The molecule has 21 heavy (non-hydrogen) atoms. The number of carbonyl (C=O) groups excluding carboxylic acids is 1. The van der Waals surface area contributed by atoms with Crippen LogP contribution in [0.5, 0.6) is 0 Å². The molecule has 4 nitrogen and oxygen atoms in total. The Labute approximate surface area is 134 Å². The number of amides is 1. The fourth-order valence-electron chi connectivity index (χ4n) is 3.43. The highest BCUT2D eigenvalue weighted by atomic mass is 32.2. The number of hydrogen-bond acceptors (Lipinski definition) is 4. The Morgan fingerprint density at radius 1 is 1.19 bits per heavy atom. The zero-order valence-electron chi connectivity index (χ0n) is 13.8. The normalized spacial score (nSPS) is 28.5. The number of rotatable bonds is 5. The zero-order valence-corrected chi connectivity index (χ0v) is 14.6. The predicted molar refractivity (Wildman–Crippen MR) is 90.9 cm³/mol. The molecule has 1 aliphatic heterocycles. The van der Waals surface area contributed by atoms with Crippen molar-refractivity contribution in [3.63, 3.8) is 0 Å². The number of thioether (sulfide) groups is 1. The number of hydrogen-bond donors (Lipinski definition) is 1. The van der Waals surface area contributed by atoms with Crippen molar-refractivity contribution in [2.45, 2.75) is 55.9 Å². The molecule has 122 valence electrons. The summed E-state index contributed by atoms with van der Waals surface area (Å²) in [5.74, 6) is 0.219. The molecule has 1 amide bonds. The van der Waals surface area contributed by atoms with Crippen LogP contribution >= 0.6 is 11.8 Å². The van der Waals surface area contributed by atoms with Crippen LogP contribution in [0.15, 0.2) is 0 Å². The third-order valence-corrected chi connectivity index (χ3v) is 5.97. The van der Waals surface area contributed by atoms with Crippen LogP contribution in [-0.4, -0.2) is 73.0 Å². The second-order valence-electron chi connectivity index (χ2n) is 6.73. The lowest BCUT2D eigenvalue weighted by atomic mass is 9.93. The summed E-state index contributed by atoms with van der Waals surface area (Å²) in [6, 6.07) is 1.37. The van der Waals surface area contributed by atoms with Crippen LogP contribution in [0.25, 0.3) is 0 Å². The minimum atomic E-state index is 0.219. The SMILES string of the molecule is CSC1CCCC(NC2CCN(CC(=O)N(C)C)CC2)C1. The molecule has 1 saturated carbocycles. The Morgan fingerprint density at radius 2 is 1.90 bits per heavy atom. The van der Waals surface area contributed by atoms with Crippen molar-refractivity contribution >= 4 is 17.7 Å². The van der Waals surface area contributed by atoms with Gasteiger partial charge in [-0.2, -0.15) is 11.8 Å². The standard InChI is InChI=1S/C16H31N3OS/c1-18(2)16(20)12-19-9-7-13(8-10-19)17-14-5-4-6-15(11-14)21-3/h13-15,17H,4-12H2,1-3H3. The largest absolute Gasteiger partial charge is 0.348 e. The molecule has 2 rings (SSSR count). The number of nitrogens with zero attached hydrogens (tertiary/aromatic N) is 2. The van der Waals surface area contributed by atoms with Crippen LogP contribution in [0.4, 0.5) is 0 Å². The number of carbonyl (C=O) groups is 1. The smallest absolute Gasteiger partial charge is 0.236 e. The third kappa shape index (κ3) is 5.46. The van der Waals surface area contributed by atoms with E-state index in [0.29, 0.717) is 12.6 Å². The van der Waals surface area contributed by atoms with Crippen LogP contribution in [0.1, 0.15) is 38.5 Å². The summed E-state index contributed by atoms with van der Waals surface area (Å²) in [5.41, 5.74) is 0. The lowest BCUT2D eigenvalue weighted by Crippen LogP contribution is -2.49. The van der Waals surface area contributed by atoms with Crippen LogP contribution in [0, 0.1) is 0 Å². The van der Waals surface area contributed by atoms with Gasteiger partial charge < -0.3 is 10.2 Å². The molecule has 2 fully saturated rings. The Hall–Kier alpha value is -0.260. The monoisotopic (exact) mass is 313 g/mol. The second kappa shape index (κ2) is 8.39. The fraction of sp³-hybridized carbons (Fsp3) is 0.938. The van der Waals surface area contributed by atoms with Crippen molar-refractivity contribution in [1.82, 2.24) is 15.1 Å². The number of likely N-dealkylation sites (tertiary alicyclic amines) is 1. The van der Waals surface area contributed by atoms with Crippen LogP contribution in [-0.2, 0) is 4.79 Å². The minimum Gasteiger partial charge on any atom is -0.348 e. The van der Waals surface area contributed by atoms with Gasteiger partial charge in [-0.25, -0.2) is 0 Å². The molecule has 2 atom stereocenters. The molecule has 0 bridgehead atoms. The fourth-order valence-corrected chi connectivity index (χ4v) is 4.26. The Morgan fingerprint density at radius 3 is 2.52 bits per heavy atom. The van der Waals surface area contributed by atoms with Gasteiger partial charge in [0.25, 0.3) is 0 Å². The molecule has 2 aliphatic rings. The summed E-state index contributed by atoms with van der Waals surface area (Å²) in [6.07, 6.45) is 10.1. The molecule has 1 N–H and O–H groups in total. The highest BCUT2D eigenvalue weighted by Crippen LogP contribution is 2.27. The highest BCUT2D eigenvalue weighted by molar-refractivity contribution is 7.99. The number of nitrogens with one attached hydrogen (secondary N) is 1. The average molecular weight is 314 g/mol. The van der Waals surface area contributed by atoms with Crippen molar-refractivity contribution in [2.75, 3.05) is 40.0 Å². The molecular weight excluding hydrogens is 282 g/mol. The maximum absolute atomic E-state index is 11.7. The van der Waals surface area contributed by atoms with Crippen molar-refractivity contribution in [2.24, 2.45) is 0 Å². The van der Waals surface area contributed by atoms with E-state index in [4.69, 9.17) is 0 Å². The first-order chi connectivity index (χ1) is 10.1. The third-order valence-electron chi connectivity index (χ3n) is 4.88. The maximum atomic E-state index is 11.7. The lowest BCUT2D eigenvalue weighted by Gasteiger charge is -2.37. The van der Waals surface area contributed by atoms with Crippen molar-refractivity contribution in [3.8, 4) is 0 Å². The van der Waals surface area contributed by atoms with Crippen molar-refractivity contribution < 1.29 is 4.79 Å². The first-order valence-electron chi connectivity index (χ1n) is 8.30. The summed E-state index contributed by atoms with van der Waals surface area (Å²) in [5, 5.41) is 4.74. The van der Waals surface area contributed by atoms with Crippen molar-refractivity contribution in [1.29, 1.82) is 0 Å². The van der Waals surface area contributed by atoms with E-state index in [1.54, 1.807) is 4.90 Å². The molecule has 0 aromatic rings. The molecule has 1 heterocycles. The second-order valence-corrected chi connectivity index (χ2v) is 7.86. The maximum Gasteiger partial charge on any atom is 0.236 e. The van der Waals surface area contributed by atoms with Crippen LogP contribution in [0.2, 0.25) is 0 Å². The highest BCUT2D eigenvalue weighted by Gasteiger charge is 2.26. The van der Waals surface area contributed by atoms with Gasteiger partial charge in [-0.3, -0.25) is 9.69 Å². The van der Waals surface area contributed by atoms with Crippen LogP contribution < -0.4 is 5.32 Å². The van der Waals surface area contributed by atoms with Gasteiger partial charge in [-0.05, 0) is 38.4 Å². The Bertz CT molecular complexity index is 329. The van der Waals surface area contributed by atoms with E-state index in [0.717, 1.165) is 24.4 Å². The summed E-state index contributed by atoms with van der Waals surface area (Å²) in [6.45, 7) is 2.68. The summed E-state index contributed by atoms with van der Waals surface area (Å²) in [4.78, 5) is 15.7. The van der Waals surface area contributed by atoms with E-state index in [1.807, 2.05) is 25.9 Å². The number of likely N-dealkylation sites (N-methyl/N-ethyl adjacent to an activating group) is 1. The van der Waals surface area contributed by atoms with Crippen molar-refractivity contribution in [3.05, 3.63) is 0 Å². The lowest BCUT2D eigenvalue weighted by molar-refractivity contribution is -0.130. The van der Waals surface area contributed by atoms with Gasteiger partial charge >= 0.3 is 0 Å². The molecular formula is C16H31N3OS. The van der Waals surface area contributed by atoms with Gasteiger partial charge in [0.1, 0.15) is 0 Å². The van der Waals surface area contributed by atoms with E-state index in [9.17, 15) is 4.79 Å². The zero-order chi connectivity index (χ0) is 15.2. The molecule has 0 aromatic carbocycles. The Kier molecular flexibility index (Phi) is 6.83. The van der Waals surface area contributed by atoms with E-state index < -0.39 is 0 Å². The summed E-state index contributed by atoms with van der Waals surface area (Å²) in [7, 11) is 3.67. The first-order valence-corrected chi connectivity index (χ1v) is 9.58. The summed E-state index contributed by atoms with van der Waals surface area (Å²) < 4.78 is 0. The number of piperidine rings is 1. The van der Waals surface area contributed by atoms with Gasteiger partial charge in [-0.15, -0.1) is 0 Å². The predicted octanol–water partition coefficient (Wildman–Crippen LogP) is 1.80. The molecule has 2 unspecified atom stereocenters. The van der Waals surface area contributed by atoms with E-state index in [1.165, 1.54) is 38.5 Å². The minimum absolute atomic E-state index is 0.219. The average Bonchev–Trinajstić information content (AvgIpc) is 2.49. The van der Waals surface area contributed by atoms with Crippen LogP contribution in [0.3, 0.4) is 0 Å². The van der Waals surface area contributed by atoms with E-state index in [2.05, 4.69) is 16.5 Å². The van der Waals surface area contributed by atoms with E-state index in [-0.39, 0.29) is 5.91 Å². The molecule has 0 spiro atoms.